The number of hydrogen-bond donors (Lipinski definition) is 1. The highest BCUT2D eigenvalue weighted by molar-refractivity contribution is 6.02. The van der Waals surface area contributed by atoms with E-state index < -0.39 is 0 Å². The Morgan fingerprint density at radius 1 is 0.920 bits per heavy atom. The molecule has 0 heterocycles. The molecular formula is C22H36N2O. The van der Waals surface area contributed by atoms with E-state index in [0.29, 0.717) is 6.42 Å². The van der Waals surface area contributed by atoms with Crippen molar-refractivity contribution in [2.45, 2.75) is 85.0 Å². The van der Waals surface area contributed by atoms with Crippen molar-refractivity contribution in [3.05, 3.63) is 35.9 Å². The SMILES string of the molecule is CCCCCCCCCCCC(=O)N/N=C(/c1ccccc1)C(C)C. The number of carbonyl (C=O) groups excluding carboxylic acids is 1. The summed E-state index contributed by atoms with van der Waals surface area (Å²) in [6.07, 6.45) is 11.9. The van der Waals surface area contributed by atoms with Crippen LogP contribution in [0.25, 0.3) is 0 Å². The number of amides is 1. The first kappa shape index (κ1) is 21.4. The molecule has 0 bridgehead atoms. The van der Waals surface area contributed by atoms with Crippen molar-refractivity contribution in [3.8, 4) is 0 Å². The molecule has 0 saturated heterocycles. The summed E-state index contributed by atoms with van der Waals surface area (Å²) in [6, 6.07) is 10.1. The molecule has 0 spiro atoms. The molecule has 0 saturated carbocycles. The number of nitrogens with zero attached hydrogens (tertiary/aromatic N) is 1. The van der Waals surface area contributed by atoms with Crippen molar-refractivity contribution < 1.29 is 4.79 Å². The fourth-order valence-corrected chi connectivity index (χ4v) is 2.91. The topological polar surface area (TPSA) is 41.5 Å². The summed E-state index contributed by atoms with van der Waals surface area (Å²) in [7, 11) is 0. The van der Waals surface area contributed by atoms with Crippen LogP contribution >= 0.6 is 0 Å². The minimum absolute atomic E-state index is 0.0250. The number of hydrogen-bond acceptors (Lipinski definition) is 2. The summed E-state index contributed by atoms with van der Waals surface area (Å²) in [5.74, 6) is 0.299. The lowest BCUT2D eigenvalue weighted by atomic mass is 10.0. The molecule has 140 valence electrons. The molecular weight excluding hydrogens is 308 g/mol. The van der Waals surface area contributed by atoms with Gasteiger partial charge in [-0.25, -0.2) is 5.43 Å². The molecule has 1 N–H and O–H groups in total. The molecule has 1 amide bonds. The van der Waals surface area contributed by atoms with E-state index in [1.54, 1.807) is 0 Å². The van der Waals surface area contributed by atoms with Crippen LogP contribution in [0.1, 0.15) is 90.5 Å². The van der Waals surface area contributed by atoms with Crippen LogP contribution in [-0.4, -0.2) is 11.6 Å². The number of carbonyl (C=O) groups is 1. The van der Waals surface area contributed by atoms with Crippen molar-refractivity contribution >= 4 is 11.6 Å². The minimum atomic E-state index is 0.0250. The summed E-state index contributed by atoms with van der Waals surface area (Å²) in [6.45, 7) is 6.44. The van der Waals surface area contributed by atoms with Crippen LogP contribution < -0.4 is 5.43 Å². The first-order valence-corrected chi connectivity index (χ1v) is 10.1. The lowest BCUT2D eigenvalue weighted by Gasteiger charge is -2.10. The maximum atomic E-state index is 12.0. The molecule has 1 aromatic rings. The average Bonchev–Trinajstić information content (AvgIpc) is 2.61. The largest absolute Gasteiger partial charge is 0.273 e. The molecule has 3 nitrogen and oxygen atoms in total. The van der Waals surface area contributed by atoms with Crippen molar-refractivity contribution in [2.24, 2.45) is 11.0 Å². The Morgan fingerprint density at radius 2 is 1.48 bits per heavy atom. The van der Waals surface area contributed by atoms with Crippen molar-refractivity contribution in [2.75, 3.05) is 0 Å². The normalized spacial score (nSPS) is 11.8. The molecule has 0 unspecified atom stereocenters. The van der Waals surface area contributed by atoms with Crippen LogP contribution in [0.4, 0.5) is 0 Å². The zero-order valence-electron chi connectivity index (χ0n) is 16.4. The Bertz CT molecular complexity index is 494. The number of hydrazone groups is 1. The molecule has 0 aliphatic rings. The first-order valence-electron chi connectivity index (χ1n) is 10.1. The second-order valence-corrected chi connectivity index (χ2v) is 7.13. The van der Waals surface area contributed by atoms with Gasteiger partial charge in [-0.15, -0.1) is 0 Å². The summed E-state index contributed by atoms with van der Waals surface area (Å²) >= 11 is 0. The van der Waals surface area contributed by atoms with E-state index in [-0.39, 0.29) is 11.8 Å². The fourth-order valence-electron chi connectivity index (χ4n) is 2.91. The Hall–Kier alpha value is -1.64. The summed E-state index contributed by atoms with van der Waals surface area (Å²) in [5, 5.41) is 4.37. The highest BCUT2D eigenvalue weighted by Gasteiger charge is 2.09. The van der Waals surface area contributed by atoms with Crippen molar-refractivity contribution in [1.29, 1.82) is 0 Å². The Labute approximate surface area is 154 Å². The summed E-state index contributed by atoms with van der Waals surface area (Å²) < 4.78 is 0. The lowest BCUT2D eigenvalue weighted by molar-refractivity contribution is -0.121. The van der Waals surface area contributed by atoms with E-state index in [9.17, 15) is 4.79 Å². The highest BCUT2D eigenvalue weighted by atomic mass is 16.2. The Morgan fingerprint density at radius 3 is 2.04 bits per heavy atom. The van der Waals surface area contributed by atoms with E-state index in [1.165, 1.54) is 44.9 Å². The van der Waals surface area contributed by atoms with Gasteiger partial charge in [0, 0.05) is 6.42 Å². The van der Waals surface area contributed by atoms with Crippen LogP contribution in [0.3, 0.4) is 0 Å². The van der Waals surface area contributed by atoms with Gasteiger partial charge in [-0.2, -0.15) is 5.10 Å². The quantitative estimate of drug-likeness (QED) is 0.263. The number of rotatable bonds is 13. The van der Waals surface area contributed by atoms with Gasteiger partial charge in [0.1, 0.15) is 0 Å². The lowest BCUT2D eigenvalue weighted by Crippen LogP contribution is -2.21. The summed E-state index contributed by atoms with van der Waals surface area (Å²) in [4.78, 5) is 12.0. The third kappa shape index (κ3) is 10.1. The predicted octanol–water partition coefficient (Wildman–Crippen LogP) is 6.08. The van der Waals surface area contributed by atoms with Crippen molar-refractivity contribution in [3.63, 3.8) is 0 Å². The third-order valence-corrected chi connectivity index (χ3v) is 4.42. The van der Waals surface area contributed by atoms with Gasteiger partial charge in [0.2, 0.25) is 5.91 Å². The molecule has 1 rings (SSSR count). The van der Waals surface area contributed by atoms with E-state index in [1.807, 2.05) is 30.3 Å². The maximum Gasteiger partial charge on any atom is 0.240 e. The zero-order valence-corrected chi connectivity index (χ0v) is 16.4. The molecule has 3 heteroatoms. The van der Waals surface area contributed by atoms with Gasteiger partial charge < -0.3 is 0 Å². The van der Waals surface area contributed by atoms with Gasteiger partial charge in [0.25, 0.3) is 0 Å². The first-order chi connectivity index (χ1) is 12.1. The van der Waals surface area contributed by atoms with Crippen LogP contribution in [0.2, 0.25) is 0 Å². The van der Waals surface area contributed by atoms with E-state index >= 15 is 0 Å². The minimum Gasteiger partial charge on any atom is -0.273 e. The molecule has 1 aromatic carbocycles. The van der Waals surface area contributed by atoms with Gasteiger partial charge in [0.15, 0.2) is 0 Å². The van der Waals surface area contributed by atoms with Gasteiger partial charge in [0.05, 0.1) is 5.71 Å². The second-order valence-electron chi connectivity index (χ2n) is 7.13. The van der Waals surface area contributed by atoms with E-state index in [2.05, 4.69) is 31.3 Å². The van der Waals surface area contributed by atoms with Gasteiger partial charge in [-0.3, -0.25) is 4.79 Å². The molecule has 0 aromatic heterocycles. The van der Waals surface area contributed by atoms with Crippen LogP contribution in [0, 0.1) is 5.92 Å². The molecule has 0 atom stereocenters. The van der Waals surface area contributed by atoms with Gasteiger partial charge >= 0.3 is 0 Å². The Balaban J connectivity index is 2.20. The van der Waals surface area contributed by atoms with Crippen molar-refractivity contribution in [1.82, 2.24) is 5.43 Å². The number of nitrogens with one attached hydrogen (secondary N) is 1. The fraction of sp³-hybridized carbons (Fsp3) is 0.636. The second kappa shape index (κ2) is 13.6. The molecule has 0 fully saturated rings. The predicted molar refractivity (Wildman–Crippen MR) is 108 cm³/mol. The summed E-state index contributed by atoms with van der Waals surface area (Å²) in [5.41, 5.74) is 4.74. The van der Waals surface area contributed by atoms with Gasteiger partial charge in [-0.05, 0) is 17.9 Å². The molecule has 0 aliphatic carbocycles. The highest BCUT2D eigenvalue weighted by Crippen LogP contribution is 2.11. The number of unbranched alkanes of at least 4 members (excludes halogenated alkanes) is 8. The standard InChI is InChI=1S/C22H36N2O/c1-4-5-6-7-8-9-10-11-15-18-21(25)23-24-22(19(2)3)20-16-13-12-14-17-20/h12-14,16-17,19H,4-11,15,18H2,1-3H3,(H,23,25)/b24-22+. The van der Waals surface area contributed by atoms with E-state index in [4.69, 9.17) is 0 Å². The Kier molecular flexibility index (Phi) is 11.7. The smallest absolute Gasteiger partial charge is 0.240 e. The molecule has 0 aliphatic heterocycles. The third-order valence-electron chi connectivity index (χ3n) is 4.42. The monoisotopic (exact) mass is 344 g/mol. The van der Waals surface area contributed by atoms with E-state index in [0.717, 1.165) is 24.1 Å². The van der Waals surface area contributed by atoms with Crippen LogP contribution in [0.15, 0.2) is 35.4 Å². The van der Waals surface area contributed by atoms with Crippen LogP contribution in [0.5, 0.6) is 0 Å². The maximum absolute atomic E-state index is 12.0. The average molecular weight is 345 g/mol. The number of benzene rings is 1. The molecule has 0 radical (unpaired) electrons. The zero-order chi connectivity index (χ0) is 18.3. The van der Waals surface area contributed by atoms with Crippen LogP contribution in [-0.2, 0) is 4.79 Å². The molecule has 25 heavy (non-hydrogen) atoms. The van der Waals surface area contributed by atoms with Gasteiger partial charge in [-0.1, -0.05) is 102 Å².